The highest BCUT2D eigenvalue weighted by Gasteiger charge is 2.14. The zero-order chi connectivity index (χ0) is 17.8. The Bertz CT molecular complexity index is 882. The van der Waals surface area contributed by atoms with Crippen molar-refractivity contribution in [3.8, 4) is 11.6 Å². The predicted molar refractivity (Wildman–Crippen MR) is 92.6 cm³/mol. The van der Waals surface area contributed by atoms with Crippen molar-refractivity contribution in [2.75, 3.05) is 0 Å². The molecular weight excluding hydrogens is 318 g/mol. The zero-order valence-electron chi connectivity index (χ0n) is 14.4. The van der Waals surface area contributed by atoms with E-state index in [1.54, 1.807) is 25.3 Å². The average molecular weight is 337 g/mol. The maximum Gasteiger partial charge on any atom is 0.273 e. The number of carbonyl (C=O) groups excluding carboxylic acids is 1. The minimum absolute atomic E-state index is 0.249. The maximum absolute atomic E-state index is 12.1. The van der Waals surface area contributed by atoms with Crippen molar-refractivity contribution < 1.29 is 14.1 Å². The molecule has 0 radical (unpaired) electrons. The third-order valence-corrected chi connectivity index (χ3v) is 3.76. The van der Waals surface area contributed by atoms with Gasteiger partial charge in [0, 0.05) is 24.4 Å². The van der Waals surface area contributed by atoms with Crippen molar-refractivity contribution in [2.45, 2.75) is 27.3 Å². The lowest BCUT2D eigenvalue weighted by Crippen LogP contribution is -2.23. The molecule has 6 heteroatoms. The van der Waals surface area contributed by atoms with Crippen LogP contribution in [0.2, 0.25) is 0 Å². The summed E-state index contributed by atoms with van der Waals surface area (Å²) in [5.74, 6) is 1.53. The number of ether oxygens (including phenoxy) is 1. The number of rotatable bonds is 5. The van der Waals surface area contributed by atoms with Gasteiger partial charge in [-0.25, -0.2) is 4.98 Å². The Morgan fingerprint density at radius 3 is 2.60 bits per heavy atom. The van der Waals surface area contributed by atoms with E-state index in [0.29, 0.717) is 11.6 Å². The van der Waals surface area contributed by atoms with Crippen LogP contribution in [0.4, 0.5) is 0 Å². The average Bonchev–Trinajstić information content (AvgIpc) is 3.03. The number of aryl methyl sites for hydroxylation is 3. The van der Waals surface area contributed by atoms with Crippen LogP contribution in [0.1, 0.15) is 32.9 Å². The first-order chi connectivity index (χ1) is 12.0. The fraction of sp³-hybridized carbons (Fsp3) is 0.211. The van der Waals surface area contributed by atoms with Gasteiger partial charge in [-0.3, -0.25) is 4.79 Å². The lowest BCUT2D eigenvalue weighted by Gasteiger charge is -2.13. The van der Waals surface area contributed by atoms with Crippen LogP contribution >= 0.6 is 0 Å². The lowest BCUT2D eigenvalue weighted by atomic mass is 10.1. The number of amides is 1. The molecule has 0 aliphatic rings. The molecule has 0 fully saturated rings. The molecule has 0 bridgehead atoms. The lowest BCUT2D eigenvalue weighted by molar-refractivity contribution is 0.0941. The first-order valence-electron chi connectivity index (χ1n) is 7.94. The Balaban J connectivity index is 1.76. The van der Waals surface area contributed by atoms with Crippen LogP contribution < -0.4 is 10.1 Å². The van der Waals surface area contributed by atoms with Crippen molar-refractivity contribution in [3.63, 3.8) is 0 Å². The summed E-state index contributed by atoms with van der Waals surface area (Å²) in [6.45, 7) is 5.99. The third-order valence-electron chi connectivity index (χ3n) is 3.76. The van der Waals surface area contributed by atoms with Gasteiger partial charge in [-0.05, 0) is 38.0 Å². The van der Waals surface area contributed by atoms with E-state index in [2.05, 4.69) is 15.5 Å². The number of nitrogens with zero attached hydrogens (tertiary/aromatic N) is 2. The van der Waals surface area contributed by atoms with E-state index >= 15 is 0 Å². The van der Waals surface area contributed by atoms with E-state index in [-0.39, 0.29) is 18.1 Å². The van der Waals surface area contributed by atoms with E-state index in [0.717, 1.165) is 22.4 Å². The standard InChI is InChI=1S/C19H19N3O3/c1-12-6-4-7-13(2)17(12)24-19-15(8-5-9-20-19)11-21-18(23)16-10-14(3)25-22-16/h4-10H,11H2,1-3H3,(H,21,23). The Morgan fingerprint density at radius 1 is 1.16 bits per heavy atom. The van der Waals surface area contributed by atoms with Crippen LogP contribution in [0.25, 0.3) is 0 Å². The number of pyridine rings is 1. The van der Waals surface area contributed by atoms with Crippen molar-refractivity contribution in [3.05, 3.63) is 70.7 Å². The SMILES string of the molecule is Cc1cc(C(=O)NCc2cccnc2Oc2c(C)cccc2C)no1. The van der Waals surface area contributed by atoms with E-state index in [9.17, 15) is 4.79 Å². The number of hydrogen-bond donors (Lipinski definition) is 1. The van der Waals surface area contributed by atoms with Gasteiger partial charge >= 0.3 is 0 Å². The van der Waals surface area contributed by atoms with Crippen molar-refractivity contribution in [2.24, 2.45) is 0 Å². The van der Waals surface area contributed by atoms with Gasteiger partial charge in [0.15, 0.2) is 5.69 Å². The van der Waals surface area contributed by atoms with Crippen LogP contribution in [0, 0.1) is 20.8 Å². The van der Waals surface area contributed by atoms with Crippen LogP contribution in [0.3, 0.4) is 0 Å². The fourth-order valence-electron chi connectivity index (χ4n) is 2.45. The van der Waals surface area contributed by atoms with E-state index < -0.39 is 0 Å². The van der Waals surface area contributed by atoms with E-state index in [1.807, 2.05) is 38.1 Å². The second-order valence-corrected chi connectivity index (χ2v) is 5.80. The minimum atomic E-state index is -0.307. The molecule has 0 aliphatic heterocycles. The summed E-state index contributed by atoms with van der Waals surface area (Å²) in [4.78, 5) is 16.4. The number of para-hydroxylation sites is 1. The molecule has 1 aromatic carbocycles. The molecule has 3 rings (SSSR count). The second-order valence-electron chi connectivity index (χ2n) is 5.80. The summed E-state index contributed by atoms with van der Waals surface area (Å²) in [7, 11) is 0. The molecule has 0 saturated heterocycles. The second kappa shape index (κ2) is 7.17. The van der Waals surface area contributed by atoms with E-state index in [1.165, 1.54) is 0 Å². The number of hydrogen-bond acceptors (Lipinski definition) is 5. The van der Waals surface area contributed by atoms with Gasteiger partial charge < -0.3 is 14.6 Å². The highest BCUT2D eigenvalue weighted by Crippen LogP contribution is 2.29. The van der Waals surface area contributed by atoms with Crippen LogP contribution in [-0.4, -0.2) is 16.0 Å². The predicted octanol–water partition coefficient (Wildman–Crippen LogP) is 3.72. The molecule has 1 N–H and O–H groups in total. The Labute approximate surface area is 145 Å². The summed E-state index contributed by atoms with van der Waals surface area (Å²) in [5, 5.41) is 6.51. The van der Waals surface area contributed by atoms with Crippen LogP contribution in [0.5, 0.6) is 11.6 Å². The molecule has 6 nitrogen and oxygen atoms in total. The highest BCUT2D eigenvalue weighted by molar-refractivity contribution is 5.92. The van der Waals surface area contributed by atoms with Crippen molar-refractivity contribution in [1.29, 1.82) is 0 Å². The molecule has 128 valence electrons. The molecule has 3 aromatic rings. The Morgan fingerprint density at radius 2 is 1.92 bits per heavy atom. The highest BCUT2D eigenvalue weighted by atomic mass is 16.5. The molecule has 0 spiro atoms. The van der Waals surface area contributed by atoms with Crippen molar-refractivity contribution in [1.82, 2.24) is 15.5 Å². The van der Waals surface area contributed by atoms with Crippen molar-refractivity contribution >= 4 is 5.91 Å². The normalized spacial score (nSPS) is 10.5. The zero-order valence-corrected chi connectivity index (χ0v) is 14.4. The summed E-state index contributed by atoms with van der Waals surface area (Å²) < 4.78 is 10.9. The Hall–Kier alpha value is -3.15. The largest absolute Gasteiger partial charge is 0.438 e. The molecular formula is C19H19N3O3. The monoisotopic (exact) mass is 337 g/mol. The molecule has 0 atom stereocenters. The Kier molecular flexibility index (Phi) is 4.79. The molecule has 0 saturated carbocycles. The quantitative estimate of drug-likeness (QED) is 0.768. The smallest absolute Gasteiger partial charge is 0.273 e. The number of aromatic nitrogens is 2. The van der Waals surface area contributed by atoms with Gasteiger partial charge in [-0.1, -0.05) is 29.4 Å². The molecule has 25 heavy (non-hydrogen) atoms. The van der Waals surface area contributed by atoms with Gasteiger partial charge in [-0.2, -0.15) is 0 Å². The van der Waals surface area contributed by atoms with Crippen LogP contribution in [-0.2, 0) is 6.54 Å². The maximum atomic E-state index is 12.1. The van der Waals surface area contributed by atoms with Gasteiger partial charge in [0.2, 0.25) is 5.88 Å². The number of carbonyl (C=O) groups is 1. The summed E-state index contributed by atoms with van der Waals surface area (Å²) in [6, 6.07) is 11.2. The van der Waals surface area contributed by atoms with Crippen LogP contribution in [0.15, 0.2) is 47.1 Å². The molecule has 0 aliphatic carbocycles. The minimum Gasteiger partial charge on any atom is -0.438 e. The molecule has 0 unspecified atom stereocenters. The number of benzene rings is 1. The van der Waals surface area contributed by atoms with Gasteiger partial charge in [-0.15, -0.1) is 0 Å². The summed E-state index contributed by atoms with van der Waals surface area (Å²) in [5.41, 5.74) is 3.08. The first kappa shape index (κ1) is 16.7. The number of nitrogens with one attached hydrogen (secondary N) is 1. The first-order valence-corrected chi connectivity index (χ1v) is 7.94. The third kappa shape index (κ3) is 3.85. The van der Waals surface area contributed by atoms with Gasteiger partial charge in [0.05, 0.1) is 0 Å². The summed E-state index contributed by atoms with van der Waals surface area (Å²) >= 11 is 0. The summed E-state index contributed by atoms with van der Waals surface area (Å²) in [6.07, 6.45) is 1.66. The topological polar surface area (TPSA) is 77.2 Å². The van der Waals surface area contributed by atoms with E-state index in [4.69, 9.17) is 9.26 Å². The molecule has 2 aromatic heterocycles. The van der Waals surface area contributed by atoms with Gasteiger partial charge in [0.25, 0.3) is 5.91 Å². The van der Waals surface area contributed by atoms with Gasteiger partial charge in [0.1, 0.15) is 11.5 Å². The molecule has 1 amide bonds. The fourth-order valence-corrected chi connectivity index (χ4v) is 2.45. The molecule has 2 heterocycles.